The zero-order chi connectivity index (χ0) is 29.9. The van der Waals surface area contributed by atoms with E-state index in [1.807, 2.05) is 55.5 Å². The second-order valence-electron chi connectivity index (χ2n) is 10.4. The Balaban J connectivity index is 1.28. The molecule has 4 aromatic rings. The average molecular weight is 580 g/mol. The van der Waals surface area contributed by atoms with E-state index in [9.17, 15) is 18.0 Å². The molecule has 0 amide bonds. The Bertz CT molecular complexity index is 1520. The van der Waals surface area contributed by atoms with Crippen LogP contribution in [-0.4, -0.2) is 31.4 Å². The van der Waals surface area contributed by atoms with Crippen molar-refractivity contribution in [2.45, 2.75) is 51.0 Å². The summed E-state index contributed by atoms with van der Waals surface area (Å²) >= 11 is 0. The van der Waals surface area contributed by atoms with Gasteiger partial charge in [-0.2, -0.15) is 13.2 Å². The zero-order valence-corrected chi connectivity index (χ0v) is 23.7. The Morgan fingerprint density at radius 1 is 1.00 bits per heavy atom. The van der Waals surface area contributed by atoms with Gasteiger partial charge in [0.2, 0.25) is 0 Å². The van der Waals surface area contributed by atoms with Gasteiger partial charge in [-0.15, -0.1) is 0 Å². The molecule has 3 aromatic carbocycles. The normalized spacial score (nSPS) is 14.9. The number of nitrogens with zero attached hydrogens (tertiary/aromatic N) is 1. The van der Waals surface area contributed by atoms with E-state index in [0.717, 1.165) is 47.2 Å². The summed E-state index contributed by atoms with van der Waals surface area (Å²) in [5.74, 6) is 0.379. The summed E-state index contributed by atoms with van der Waals surface area (Å²) < 4.78 is 61.5. The number of aromatic nitrogens is 1. The van der Waals surface area contributed by atoms with Gasteiger partial charge in [-0.1, -0.05) is 65.8 Å². The van der Waals surface area contributed by atoms with E-state index in [-0.39, 0.29) is 19.2 Å². The molecule has 1 unspecified atom stereocenters. The maximum absolute atomic E-state index is 13.0. The molecule has 1 saturated carbocycles. The Kier molecular flexibility index (Phi) is 8.52. The van der Waals surface area contributed by atoms with E-state index in [2.05, 4.69) is 5.16 Å². The predicted molar refractivity (Wildman–Crippen MR) is 151 cm³/mol. The fourth-order valence-electron chi connectivity index (χ4n) is 5.16. The minimum atomic E-state index is -4.41. The van der Waals surface area contributed by atoms with Gasteiger partial charge >= 0.3 is 12.1 Å². The van der Waals surface area contributed by atoms with Crippen LogP contribution in [0.3, 0.4) is 0 Å². The molecule has 0 aliphatic heterocycles. The molecule has 220 valence electrons. The van der Waals surface area contributed by atoms with Crippen molar-refractivity contribution in [3.63, 3.8) is 0 Å². The first kappa shape index (κ1) is 29.5. The number of carbonyl (C=O) groups excluding carboxylic acids is 1. The maximum atomic E-state index is 13.0. The van der Waals surface area contributed by atoms with Gasteiger partial charge in [0.05, 0.1) is 42.1 Å². The van der Waals surface area contributed by atoms with Gasteiger partial charge in [0.1, 0.15) is 6.10 Å². The third-order valence-electron chi connectivity index (χ3n) is 7.64. The molecule has 1 aliphatic rings. The van der Waals surface area contributed by atoms with Gasteiger partial charge in [0.15, 0.2) is 5.76 Å². The Morgan fingerprint density at radius 3 is 2.24 bits per heavy atom. The van der Waals surface area contributed by atoms with E-state index >= 15 is 0 Å². The Labute approximate surface area is 242 Å². The maximum Gasteiger partial charge on any atom is 0.416 e. The number of hydrogen-bond donors (Lipinski definition) is 0. The highest BCUT2D eigenvalue weighted by molar-refractivity contribution is 5.87. The first-order chi connectivity index (χ1) is 20.2. The number of hydrogen-bond acceptors (Lipinski definition) is 6. The molecule has 0 spiro atoms. The molecule has 0 saturated heterocycles. The summed E-state index contributed by atoms with van der Waals surface area (Å²) in [4.78, 5) is 12.4. The first-order valence-electron chi connectivity index (χ1n) is 13.8. The molecule has 1 aliphatic carbocycles. The highest BCUT2D eigenvalue weighted by Gasteiger charge is 2.52. The van der Waals surface area contributed by atoms with Crippen LogP contribution in [0.1, 0.15) is 53.8 Å². The second-order valence-corrected chi connectivity index (χ2v) is 10.4. The van der Waals surface area contributed by atoms with E-state index in [1.165, 1.54) is 13.2 Å². The lowest BCUT2D eigenvalue weighted by Crippen LogP contribution is -2.23. The minimum Gasteiger partial charge on any atom is -0.465 e. The minimum absolute atomic E-state index is 0.00215. The van der Waals surface area contributed by atoms with Crippen molar-refractivity contribution in [2.75, 3.05) is 20.3 Å². The van der Waals surface area contributed by atoms with Crippen molar-refractivity contribution in [1.29, 1.82) is 0 Å². The molecule has 9 heteroatoms. The summed E-state index contributed by atoms with van der Waals surface area (Å²) in [5.41, 5.74) is 4.32. The molecule has 42 heavy (non-hydrogen) atoms. The van der Waals surface area contributed by atoms with Crippen molar-refractivity contribution >= 4 is 5.97 Å². The number of alkyl halides is 3. The molecule has 6 nitrogen and oxygen atoms in total. The fraction of sp³-hybridized carbons (Fsp3) is 0.333. The van der Waals surface area contributed by atoms with Crippen LogP contribution in [0.5, 0.6) is 0 Å². The molecule has 1 aromatic heterocycles. The molecule has 1 fully saturated rings. The standard InChI is InChI=1S/C33H32F3NO5/c1-4-41-31(38)32(16-17-32)26-14-12-24(13-15-26)23-8-10-25(11-9-23)30-29(21(2)37-42-30)28(39-3)20-40-19-22-6-5-7-27(18-22)33(34,35)36/h5-15,18,28H,4,16-17,19-20H2,1-3H3. The summed E-state index contributed by atoms with van der Waals surface area (Å²) in [6, 6.07) is 20.9. The van der Waals surface area contributed by atoms with Crippen molar-refractivity contribution in [3.8, 4) is 22.5 Å². The second kappa shape index (κ2) is 12.1. The van der Waals surface area contributed by atoms with Gasteiger partial charge in [0, 0.05) is 12.7 Å². The van der Waals surface area contributed by atoms with Crippen LogP contribution in [-0.2, 0) is 37.2 Å². The lowest BCUT2D eigenvalue weighted by molar-refractivity contribution is -0.146. The lowest BCUT2D eigenvalue weighted by Gasteiger charge is -2.17. The summed E-state index contributed by atoms with van der Waals surface area (Å²) in [6.07, 6.45) is -3.35. The molecule has 5 rings (SSSR count). The smallest absolute Gasteiger partial charge is 0.416 e. The quantitative estimate of drug-likeness (QED) is 0.169. The number of methoxy groups -OCH3 is 1. The van der Waals surface area contributed by atoms with Crippen molar-refractivity contribution in [3.05, 3.63) is 101 Å². The number of aryl methyl sites for hydroxylation is 1. The topological polar surface area (TPSA) is 70.8 Å². The average Bonchev–Trinajstić information content (AvgIpc) is 3.72. The molecule has 1 heterocycles. The van der Waals surface area contributed by atoms with Crippen LogP contribution < -0.4 is 0 Å². The third kappa shape index (κ3) is 6.12. The molecular weight excluding hydrogens is 547 g/mol. The lowest BCUT2D eigenvalue weighted by atomic mass is 9.93. The monoisotopic (exact) mass is 579 g/mol. The number of halogens is 3. The Hall–Kier alpha value is -3.95. The van der Waals surface area contributed by atoms with Gasteiger partial charge in [-0.05, 0) is 61.1 Å². The van der Waals surface area contributed by atoms with Crippen molar-refractivity contribution in [2.24, 2.45) is 0 Å². The van der Waals surface area contributed by atoms with E-state index < -0.39 is 23.3 Å². The van der Waals surface area contributed by atoms with Crippen LogP contribution in [0.2, 0.25) is 0 Å². The van der Waals surface area contributed by atoms with Gasteiger partial charge in [0.25, 0.3) is 0 Å². The first-order valence-corrected chi connectivity index (χ1v) is 13.8. The van der Waals surface area contributed by atoms with Crippen LogP contribution in [0.4, 0.5) is 13.2 Å². The fourth-order valence-corrected chi connectivity index (χ4v) is 5.16. The van der Waals surface area contributed by atoms with Gasteiger partial charge in [-0.3, -0.25) is 4.79 Å². The highest BCUT2D eigenvalue weighted by Crippen LogP contribution is 2.49. The van der Waals surface area contributed by atoms with Gasteiger partial charge in [-0.25, -0.2) is 0 Å². The molecule has 0 radical (unpaired) electrons. The number of carbonyl (C=O) groups is 1. The number of benzene rings is 3. The number of esters is 1. The van der Waals surface area contributed by atoms with Crippen molar-refractivity contribution in [1.82, 2.24) is 5.16 Å². The summed E-state index contributed by atoms with van der Waals surface area (Å²) in [5, 5.41) is 4.14. The zero-order valence-electron chi connectivity index (χ0n) is 23.7. The third-order valence-corrected chi connectivity index (χ3v) is 7.64. The van der Waals surface area contributed by atoms with Crippen LogP contribution in [0.25, 0.3) is 22.5 Å². The van der Waals surface area contributed by atoms with E-state index in [4.69, 9.17) is 18.7 Å². The highest BCUT2D eigenvalue weighted by atomic mass is 19.4. The molecular formula is C33H32F3NO5. The largest absolute Gasteiger partial charge is 0.465 e. The Morgan fingerprint density at radius 2 is 1.64 bits per heavy atom. The molecule has 0 bridgehead atoms. The van der Waals surface area contributed by atoms with E-state index in [1.54, 1.807) is 13.0 Å². The van der Waals surface area contributed by atoms with Crippen LogP contribution in [0, 0.1) is 6.92 Å². The van der Waals surface area contributed by atoms with Crippen LogP contribution in [0.15, 0.2) is 77.3 Å². The van der Waals surface area contributed by atoms with E-state index in [0.29, 0.717) is 29.2 Å². The summed E-state index contributed by atoms with van der Waals surface area (Å²) in [7, 11) is 1.54. The van der Waals surface area contributed by atoms with Gasteiger partial charge < -0.3 is 18.7 Å². The predicted octanol–water partition coefficient (Wildman–Crippen LogP) is 7.83. The number of rotatable bonds is 11. The van der Waals surface area contributed by atoms with Crippen molar-refractivity contribution < 1.29 is 36.7 Å². The summed E-state index contributed by atoms with van der Waals surface area (Å²) in [6.45, 7) is 4.09. The van der Waals surface area contributed by atoms with Crippen LogP contribution >= 0.6 is 0 Å². The molecule has 0 N–H and O–H groups in total. The molecule has 1 atom stereocenters. The SMILES string of the molecule is CCOC(=O)C1(c2ccc(-c3ccc(-c4onc(C)c4C(COCc4cccc(C(F)(F)F)c4)OC)cc3)cc2)CC1. The number of ether oxygens (including phenoxy) is 3.